The number of halogens is 1. The molecular formula is C12H13BrN4O2. The molecule has 7 heteroatoms. The zero-order chi connectivity index (χ0) is 13.2. The van der Waals surface area contributed by atoms with Crippen LogP contribution in [0.5, 0.6) is 0 Å². The van der Waals surface area contributed by atoms with Crippen molar-refractivity contribution in [2.24, 2.45) is 0 Å². The fourth-order valence-corrected chi connectivity index (χ4v) is 2.74. The van der Waals surface area contributed by atoms with Gasteiger partial charge in [0.25, 0.3) is 5.91 Å². The molecule has 1 fully saturated rings. The molecule has 3 rings (SSSR count). The van der Waals surface area contributed by atoms with E-state index >= 15 is 0 Å². The molecular weight excluding hydrogens is 312 g/mol. The van der Waals surface area contributed by atoms with Crippen molar-refractivity contribution >= 4 is 27.4 Å². The van der Waals surface area contributed by atoms with Crippen molar-refractivity contribution in [3.8, 4) is 0 Å². The molecule has 1 atom stereocenters. The van der Waals surface area contributed by atoms with E-state index in [1.54, 1.807) is 29.3 Å². The highest BCUT2D eigenvalue weighted by Gasteiger charge is 2.28. The van der Waals surface area contributed by atoms with Crippen molar-refractivity contribution in [2.45, 2.75) is 6.04 Å². The molecule has 1 unspecified atom stereocenters. The number of aromatic nitrogens is 3. The number of nitrogens with zero attached hydrogens (tertiary/aromatic N) is 4. The zero-order valence-electron chi connectivity index (χ0n) is 10.2. The highest BCUT2D eigenvalue weighted by Crippen LogP contribution is 2.17. The van der Waals surface area contributed by atoms with Crippen LogP contribution in [0.1, 0.15) is 10.4 Å². The minimum Gasteiger partial charge on any atom is -0.377 e. The summed E-state index contributed by atoms with van der Waals surface area (Å²) in [5.74, 6) is -0.0178. The van der Waals surface area contributed by atoms with Crippen LogP contribution < -0.4 is 0 Å². The van der Waals surface area contributed by atoms with Gasteiger partial charge in [-0.25, -0.2) is 4.52 Å². The summed E-state index contributed by atoms with van der Waals surface area (Å²) in [5, 5.41) is 4.88. The van der Waals surface area contributed by atoms with E-state index < -0.39 is 0 Å². The average molecular weight is 325 g/mol. The van der Waals surface area contributed by atoms with Crippen molar-refractivity contribution in [1.29, 1.82) is 0 Å². The van der Waals surface area contributed by atoms with E-state index in [1.165, 1.54) is 0 Å². The van der Waals surface area contributed by atoms with Crippen molar-refractivity contribution in [2.75, 3.05) is 25.1 Å². The molecule has 2 aromatic rings. The van der Waals surface area contributed by atoms with E-state index in [1.807, 2.05) is 4.90 Å². The van der Waals surface area contributed by atoms with Gasteiger partial charge in [0.15, 0.2) is 0 Å². The molecule has 0 radical (unpaired) electrons. The van der Waals surface area contributed by atoms with E-state index in [9.17, 15) is 4.79 Å². The van der Waals surface area contributed by atoms with Crippen LogP contribution in [-0.4, -0.2) is 56.5 Å². The monoisotopic (exact) mass is 324 g/mol. The Hall–Kier alpha value is -1.47. The Balaban J connectivity index is 1.94. The summed E-state index contributed by atoms with van der Waals surface area (Å²) in [6.45, 7) is 1.74. The summed E-state index contributed by atoms with van der Waals surface area (Å²) in [5.41, 5.74) is 1.31. The molecule has 0 bridgehead atoms. The maximum absolute atomic E-state index is 12.6. The normalized spacial score (nSPS) is 19.8. The summed E-state index contributed by atoms with van der Waals surface area (Å²) in [6, 6.07) is 0.0628. The van der Waals surface area contributed by atoms with E-state index in [4.69, 9.17) is 4.74 Å². The molecule has 1 aliphatic rings. The van der Waals surface area contributed by atoms with Crippen molar-refractivity contribution in [3.63, 3.8) is 0 Å². The fourth-order valence-electron chi connectivity index (χ4n) is 2.20. The van der Waals surface area contributed by atoms with Crippen molar-refractivity contribution in [1.82, 2.24) is 19.5 Å². The Morgan fingerprint density at radius 3 is 3.26 bits per heavy atom. The first-order chi connectivity index (χ1) is 9.31. The lowest BCUT2D eigenvalue weighted by atomic mass is 10.2. The Bertz CT molecular complexity index is 600. The first-order valence-electron chi connectivity index (χ1n) is 6.03. The number of alkyl halides is 1. The first-order valence-corrected chi connectivity index (χ1v) is 7.15. The fraction of sp³-hybridized carbons (Fsp3) is 0.417. The van der Waals surface area contributed by atoms with Crippen LogP contribution in [-0.2, 0) is 4.74 Å². The maximum Gasteiger partial charge on any atom is 0.258 e. The number of carbonyl (C=O) groups is 1. The molecule has 19 heavy (non-hydrogen) atoms. The first kappa shape index (κ1) is 12.6. The van der Waals surface area contributed by atoms with Crippen LogP contribution in [0.4, 0.5) is 0 Å². The largest absolute Gasteiger partial charge is 0.377 e. The molecule has 1 aliphatic heterocycles. The highest BCUT2D eigenvalue weighted by atomic mass is 79.9. The van der Waals surface area contributed by atoms with Gasteiger partial charge in [-0.2, -0.15) is 5.10 Å². The molecule has 100 valence electrons. The molecule has 3 heterocycles. The highest BCUT2D eigenvalue weighted by molar-refractivity contribution is 9.09. The number of amides is 1. The number of hydrogen-bond acceptors (Lipinski definition) is 4. The maximum atomic E-state index is 12.6. The number of fused-ring (bicyclic) bond motifs is 1. The predicted molar refractivity (Wildman–Crippen MR) is 72.4 cm³/mol. The molecule has 1 amide bonds. The summed E-state index contributed by atoms with van der Waals surface area (Å²) in [7, 11) is 0. The summed E-state index contributed by atoms with van der Waals surface area (Å²) >= 11 is 3.43. The van der Waals surface area contributed by atoms with Crippen molar-refractivity contribution < 1.29 is 9.53 Å². The van der Waals surface area contributed by atoms with Gasteiger partial charge in [0.05, 0.1) is 42.7 Å². The Labute approximate surface area is 118 Å². The third-order valence-electron chi connectivity index (χ3n) is 3.22. The quantitative estimate of drug-likeness (QED) is 0.772. The van der Waals surface area contributed by atoms with Gasteiger partial charge in [-0.15, -0.1) is 0 Å². The number of rotatable bonds is 2. The average Bonchev–Trinajstić information content (AvgIpc) is 2.90. The van der Waals surface area contributed by atoms with Gasteiger partial charge in [0.1, 0.15) is 0 Å². The van der Waals surface area contributed by atoms with Crippen molar-refractivity contribution in [3.05, 3.63) is 30.4 Å². The third-order valence-corrected chi connectivity index (χ3v) is 3.97. The molecule has 6 nitrogen and oxygen atoms in total. The van der Waals surface area contributed by atoms with Gasteiger partial charge < -0.3 is 9.64 Å². The topological polar surface area (TPSA) is 59.7 Å². The van der Waals surface area contributed by atoms with E-state index in [-0.39, 0.29) is 11.9 Å². The lowest BCUT2D eigenvalue weighted by Gasteiger charge is -2.34. The minimum absolute atomic E-state index is 0.0178. The van der Waals surface area contributed by atoms with E-state index in [0.29, 0.717) is 30.7 Å². The molecule has 0 aromatic carbocycles. The second-order valence-corrected chi connectivity index (χ2v) is 4.99. The molecule has 0 aliphatic carbocycles. The van der Waals surface area contributed by atoms with Crippen LogP contribution in [0.2, 0.25) is 0 Å². The number of ether oxygens (including phenoxy) is 1. The van der Waals surface area contributed by atoms with Crippen LogP contribution >= 0.6 is 15.9 Å². The second kappa shape index (κ2) is 5.26. The Kier molecular flexibility index (Phi) is 3.48. The van der Waals surface area contributed by atoms with E-state index in [2.05, 4.69) is 26.0 Å². The number of morpholine rings is 1. The van der Waals surface area contributed by atoms with Crippen LogP contribution in [0, 0.1) is 0 Å². The van der Waals surface area contributed by atoms with Crippen LogP contribution in [0.25, 0.3) is 5.52 Å². The summed E-state index contributed by atoms with van der Waals surface area (Å²) < 4.78 is 7.06. The summed E-state index contributed by atoms with van der Waals surface area (Å²) in [6.07, 6.45) is 6.63. The predicted octanol–water partition coefficient (Wildman–Crippen LogP) is 0.965. The standard InChI is InChI=1S/C12H13BrN4O2/c13-5-9-8-19-4-3-16(9)12(18)10-6-15-17-2-1-14-7-11(10)17/h1-2,6-7,9H,3-5,8H2. The summed E-state index contributed by atoms with van der Waals surface area (Å²) in [4.78, 5) is 18.5. The second-order valence-electron chi connectivity index (χ2n) is 4.35. The Morgan fingerprint density at radius 2 is 2.42 bits per heavy atom. The lowest BCUT2D eigenvalue weighted by molar-refractivity contribution is 0.00535. The Morgan fingerprint density at radius 1 is 1.53 bits per heavy atom. The number of carbonyl (C=O) groups excluding carboxylic acids is 1. The molecule has 0 N–H and O–H groups in total. The van der Waals surface area contributed by atoms with Crippen LogP contribution in [0.3, 0.4) is 0 Å². The van der Waals surface area contributed by atoms with Gasteiger partial charge >= 0.3 is 0 Å². The van der Waals surface area contributed by atoms with Gasteiger partial charge in [0, 0.05) is 24.3 Å². The van der Waals surface area contributed by atoms with E-state index in [0.717, 1.165) is 5.52 Å². The molecule has 2 aromatic heterocycles. The van der Waals surface area contributed by atoms with Gasteiger partial charge in [-0.3, -0.25) is 9.78 Å². The van der Waals surface area contributed by atoms with Crippen LogP contribution in [0.15, 0.2) is 24.8 Å². The van der Waals surface area contributed by atoms with Gasteiger partial charge in [0.2, 0.25) is 0 Å². The number of hydrogen-bond donors (Lipinski definition) is 0. The smallest absolute Gasteiger partial charge is 0.258 e. The van der Waals surface area contributed by atoms with Gasteiger partial charge in [-0.1, -0.05) is 15.9 Å². The zero-order valence-corrected chi connectivity index (χ0v) is 11.8. The SMILES string of the molecule is O=C(c1cnn2ccncc12)N1CCOCC1CBr. The molecule has 1 saturated heterocycles. The minimum atomic E-state index is -0.0178. The third kappa shape index (κ3) is 2.23. The lowest BCUT2D eigenvalue weighted by Crippen LogP contribution is -2.49. The molecule has 0 saturated carbocycles. The molecule has 0 spiro atoms. The van der Waals surface area contributed by atoms with Gasteiger partial charge in [-0.05, 0) is 0 Å².